The lowest BCUT2D eigenvalue weighted by Crippen LogP contribution is -2.45. The molecule has 0 spiro atoms. The number of nitrogens with zero attached hydrogens (tertiary/aromatic N) is 2. The van der Waals surface area contributed by atoms with Crippen molar-refractivity contribution in [1.82, 2.24) is 15.5 Å². The Bertz CT molecular complexity index is 691. The Balaban J connectivity index is 1.44. The zero-order chi connectivity index (χ0) is 20.5. The van der Waals surface area contributed by atoms with Gasteiger partial charge in [0.1, 0.15) is 18.2 Å². The van der Waals surface area contributed by atoms with Gasteiger partial charge in [0.15, 0.2) is 5.96 Å². The number of halogens is 1. The van der Waals surface area contributed by atoms with Gasteiger partial charge in [-0.05, 0) is 38.3 Å². The van der Waals surface area contributed by atoms with Gasteiger partial charge in [-0.25, -0.2) is 9.38 Å². The van der Waals surface area contributed by atoms with Crippen LogP contribution in [0.4, 0.5) is 4.39 Å². The zero-order valence-corrected chi connectivity index (χ0v) is 17.3. The van der Waals surface area contributed by atoms with E-state index < -0.39 is 0 Å². The molecular formula is C22H33FN4O2. The summed E-state index contributed by atoms with van der Waals surface area (Å²) in [6.45, 7) is 5.16. The van der Waals surface area contributed by atoms with Gasteiger partial charge in [0.2, 0.25) is 5.91 Å². The van der Waals surface area contributed by atoms with Crippen LogP contribution in [0.15, 0.2) is 29.3 Å². The van der Waals surface area contributed by atoms with Gasteiger partial charge >= 0.3 is 0 Å². The third kappa shape index (κ3) is 6.61. The van der Waals surface area contributed by atoms with Crippen molar-refractivity contribution < 1.29 is 13.9 Å². The third-order valence-electron chi connectivity index (χ3n) is 5.57. The van der Waals surface area contributed by atoms with E-state index in [1.54, 1.807) is 12.1 Å². The number of aliphatic imine (C=N–C) groups is 1. The summed E-state index contributed by atoms with van der Waals surface area (Å²) in [5.41, 5.74) is 0. The predicted molar refractivity (Wildman–Crippen MR) is 113 cm³/mol. The van der Waals surface area contributed by atoms with Crippen molar-refractivity contribution in [2.45, 2.75) is 51.5 Å². The molecule has 1 aliphatic heterocycles. The number of hydrogen-bond acceptors (Lipinski definition) is 3. The van der Waals surface area contributed by atoms with Gasteiger partial charge < -0.3 is 20.3 Å². The molecule has 1 atom stereocenters. The molecule has 7 heteroatoms. The predicted octanol–water partition coefficient (Wildman–Crippen LogP) is 2.94. The molecule has 0 aromatic heterocycles. The fourth-order valence-electron chi connectivity index (χ4n) is 4.08. The summed E-state index contributed by atoms with van der Waals surface area (Å²) in [5, 5.41) is 6.69. The number of ether oxygens (including phenoxy) is 1. The summed E-state index contributed by atoms with van der Waals surface area (Å²) in [5.74, 6) is 1.48. The number of hydrogen-bond donors (Lipinski definition) is 2. The summed E-state index contributed by atoms with van der Waals surface area (Å²) in [7, 11) is 0. The Kier molecular flexibility index (Phi) is 8.14. The highest BCUT2D eigenvalue weighted by Gasteiger charge is 2.31. The highest BCUT2D eigenvalue weighted by molar-refractivity contribution is 5.81. The van der Waals surface area contributed by atoms with E-state index in [1.807, 2.05) is 11.8 Å². The molecule has 3 rings (SSSR count). The van der Waals surface area contributed by atoms with E-state index in [2.05, 4.69) is 15.6 Å². The quantitative estimate of drug-likeness (QED) is 0.417. The molecule has 1 aromatic carbocycles. The molecule has 6 nitrogen and oxygen atoms in total. The molecule has 1 heterocycles. The van der Waals surface area contributed by atoms with Crippen molar-refractivity contribution >= 4 is 11.9 Å². The number of amides is 1. The maximum Gasteiger partial charge on any atom is 0.225 e. The highest BCUT2D eigenvalue weighted by atomic mass is 19.1. The van der Waals surface area contributed by atoms with Crippen LogP contribution in [-0.2, 0) is 4.79 Å². The van der Waals surface area contributed by atoms with E-state index in [0.29, 0.717) is 24.8 Å². The smallest absolute Gasteiger partial charge is 0.225 e. The number of carbonyl (C=O) groups is 1. The van der Waals surface area contributed by atoms with Crippen LogP contribution >= 0.6 is 0 Å². The van der Waals surface area contributed by atoms with Gasteiger partial charge in [0.25, 0.3) is 0 Å². The van der Waals surface area contributed by atoms with Crippen LogP contribution in [0.2, 0.25) is 0 Å². The zero-order valence-electron chi connectivity index (χ0n) is 17.3. The molecule has 1 saturated carbocycles. The van der Waals surface area contributed by atoms with Crippen LogP contribution in [0.5, 0.6) is 5.75 Å². The molecule has 1 aromatic rings. The number of nitrogens with one attached hydrogen (secondary N) is 2. The number of rotatable bonds is 7. The molecule has 0 radical (unpaired) electrons. The van der Waals surface area contributed by atoms with Crippen LogP contribution in [0, 0.1) is 11.7 Å². The molecule has 2 N–H and O–H groups in total. The highest BCUT2D eigenvalue weighted by Crippen LogP contribution is 2.26. The van der Waals surface area contributed by atoms with Crippen molar-refractivity contribution in [2.24, 2.45) is 10.9 Å². The van der Waals surface area contributed by atoms with Crippen molar-refractivity contribution in [1.29, 1.82) is 0 Å². The second-order valence-corrected chi connectivity index (χ2v) is 7.82. The molecule has 29 heavy (non-hydrogen) atoms. The average molecular weight is 405 g/mol. The normalized spacial score (nSPS) is 20.6. The minimum absolute atomic E-state index is 0.212. The summed E-state index contributed by atoms with van der Waals surface area (Å²) < 4.78 is 18.7. The van der Waals surface area contributed by atoms with Gasteiger partial charge in [-0.1, -0.05) is 25.3 Å². The molecule has 160 valence electrons. The maximum absolute atomic E-state index is 13.2. The van der Waals surface area contributed by atoms with Crippen LogP contribution in [0.3, 0.4) is 0 Å². The van der Waals surface area contributed by atoms with Crippen molar-refractivity contribution in [3.05, 3.63) is 30.1 Å². The summed E-state index contributed by atoms with van der Waals surface area (Å²) in [6, 6.07) is 6.32. The molecule has 2 fully saturated rings. The van der Waals surface area contributed by atoms with Crippen LogP contribution in [0.25, 0.3) is 0 Å². The van der Waals surface area contributed by atoms with E-state index in [9.17, 15) is 9.18 Å². The van der Waals surface area contributed by atoms with E-state index >= 15 is 0 Å². The van der Waals surface area contributed by atoms with E-state index in [1.165, 1.54) is 31.4 Å². The Morgan fingerprint density at radius 2 is 2.10 bits per heavy atom. The Hall–Kier alpha value is -2.31. The molecule has 1 saturated heterocycles. The first-order chi connectivity index (χ1) is 14.2. The molecule has 0 bridgehead atoms. The first-order valence-corrected chi connectivity index (χ1v) is 10.9. The first-order valence-electron chi connectivity index (χ1n) is 10.9. The first kappa shape index (κ1) is 21.4. The van der Waals surface area contributed by atoms with Gasteiger partial charge in [-0.2, -0.15) is 0 Å². The number of carbonyl (C=O) groups excluding carboxylic acids is 1. The summed E-state index contributed by atoms with van der Waals surface area (Å²) in [6.07, 6.45) is 6.65. The number of benzene rings is 1. The molecule has 1 aliphatic carbocycles. The number of guanidine groups is 1. The van der Waals surface area contributed by atoms with Crippen molar-refractivity contribution in [2.75, 3.05) is 32.8 Å². The van der Waals surface area contributed by atoms with Crippen LogP contribution < -0.4 is 15.4 Å². The van der Waals surface area contributed by atoms with Crippen molar-refractivity contribution in [3.8, 4) is 5.75 Å². The Morgan fingerprint density at radius 1 is 1.28 bits per heavy atom. The van der Waals surface area contributed by atoms with Crippen LogP contribution in [-0.4, -0.2) is 55.6 Å². The topological polar surface area (TPSA) is 66.0 Å². The van der Waals surface area contributed by atoms with E-state index in [4.69, 9.17) is 4.74 Å². The summed E-state index contributed by atoms with van der Waals surface area (Å²) in [4.78, 5) is 19.3. The van der Waals surface area contributed by atoms with Gasteiger partial charge in [-0.3, -0.25) is 4.79 Å². The van der Waals surface area contributed by atoms with Gasteiger partial charge in [0.05, 0.1) is 6.54 Å². The van der Waals surface area contributed by atoms with Gasteiger partial charge in [0, 0.05) is 37.7 Å². The second kappa shape index (κ2) is 11.0. The van der Waals surface area contributed by atoms with E-state index in [0.717, 1.165) is 44.9 Å². The lowest BCUT2D eigenvalue weighted by atomic mass is 9.88. The average Bonchev–Trinajstić information content (AvgIpc) is 3.20. The minimum atomic E-state index is -0.311. The SMILES string of the molecule is CCNC(=NCCOc1cccc(F)c1)NC1CCN(C(=O)C2CCCCC2)C1. The molecule has 1 amide bonds. The number of likely N-dealkylation sites (tertiary alicyclic amines) is 1. The second-order valence-electron chi connectivity index (χ2n) is 7.82. The largest absolute Gasteiger partial charge is 0.492 e. The lowest BCUT2D eigenvalue weighted by Gasteiger charge is -2.26. The fourth-order valence-corrected chi connectivity index (χ4v) is 4.08. The van der Waals surface area contributed by atoms with Crippen molar-refractivity contribution in [3.63, 3.8) is 0 Å². The molecular weight excluding hydrogens is 371 g/mol. The molecule has 2 aliphatic rings. The molecule has 1 unspecified atom stereocenters. The minimum Gasteiger partial charge on any atom is -0.492 e. The lowest BCUT2D eigenvalue weighted by molar-refractivity contribution is -0.135. The Labute approximate surface area is 172 Å². The van der Waals surface area contributed by atoms with E-state index in [-0.39, 0.29) is 17.8 Å². The standard InChI is InChI=1S/C22H33FN4O2/c1-2-24-22(25-12-14-29-20-10-6-9-18(23)15-20)26-19-11-13-27(16-19)21(28)17-7-4-3-5-8-17/h6,9-10,15,17,19H,2-5,7-8,11-14,16H2,1H3,(H2,24,25,26). The monoisotopic (exact) mass is 404 g/mol. The van der Waals surface area contributed by atoms with Crippen LogP contribution in [0.1, 0.15) is 45.4 Å². The van der Waals surface area contributed by atoms with Gasteiger partial charge in [-0.15, -0.1) is 0 Å². The Morgan fingerprint density at radius 3 is 2.86 bits per heavy atom. The maximum atomic E-state index is 13.2. The fraction of sp³-hybridized carbons (Fsp3) is 0.636. The third-order valence-corrected chi connectivity index (χ3v) is 5.57. The summed E-state index contributed by atoms with van der Waals surface area (Å²) >= 11 is 0.